The number of carbonyl (C=O) groups excluding carboxylic acids is 1. The van der Waals surface area contributed by atoms with Crippen molar-refractivity contribution in [2.45, 2.75) is 44.8 Å². The number of nitrogens with one attached hydrogen (secondary N) is 1. The first-order valence-corrected chi connectivity index (χ1v) is 9.56. The van der Waals surface area contributed by atoms with Crippen LogP contribution in [0.5, 0.6) is 0 Å². The highest BCUT2D eigenvalue weighted by Gasteiger charge is 2.25. The number of guanidine groups is 1. The Morgan fingerprint density at radius 1 is 1.27 bits per heavy atom. The van der Waals surface area contributed by atoms with E-state index in [4.69, 9.17) is 4.74 Å². The molecular weight excluding hydrogens is 445 g/mol. The topological polar surface area (TPSA) is 60.4 Å². The highest BCUT2D eigenvalue weighted by Crippen LogP contribution is 2.17. The van der Waals surface area contributed by atoms with Crippen molar-refractivity contribution in [1.82, 2.24) is 20.0 Å². The summed E-state index contributed by atoms with van der Waals surface area (Å²) in [5.74, 6) is 0.814. The van der Waals surface area contributed by atoms with Crippen molar-refractivity contribution in [1.29, 1.82) is 0 Å². The molecule has 1 N–H and O–H groups in total. The van der Waals surface area contributed by atoms with E-state index in [1.165, 1.54) is 19.4 Å². The van der Waals surface area contributed by atoms with Crippen LogP contribution in [0.3, 0.4) is 0 Å². The lowest BCUT2D eigenvalue weighted by atomic mass is 10.2. The largest absolute Gasteiger partial charge is 0.376 e. The van der Waals surface area contributed by atoms with Crippen molar-refractivity contribution in [3.63, 3.8) is 0 Å². The summed E-state index contributed by atoms with van der Waals surface area (Å²) >= 11 is 0. The first-order valence-electron chi connectivity index (χ1n) is 9.56. The standard InChI is InChI=1S/C18H35N5O2.HI/c1-5-23-10-6-8-15(23)14-22(4)18(20-13-17(24)21(2)3)19-12-16-9-7-11-25-16;/h15-16H,5-14H2,1-4H3,(H,19,20);1H. The minimum atomic E-state index is 0. The molecule has 0 aromatic rings. The minimum Gasteiger partial charge on any atom is -0.376 e. The summed E-state index contributed by atoms with van der Waals surface area (Å²) in [6.07, 6.45) is 4.96. The Labute approximate surface area is 175 Å². The molecule has 2 aliphatic heterocycles. The van der Waals surface area contributed by atoms with Gasteiger partial charge in [0, 0.05) is 46.9 Å². The van der Waals surface area contributed by atoms with E-state index in [0.717, 1.165) is 45.0 Å². The zero-order chi connectivity index (χ0) is 18.2. The van der Waals surface area contributed by atoms with Crippen LogP contribution < -0.4 is 5.32 Å². The molecule has 26 heavy (non-hydrogen) atoms. The second kappa shape index (κ2) is 12.0. The second-order valence-corrected chi connectivity index (χ2v) is 7.25. The highest BCUT2D eigenvalue weighted by atomic mass is 127. The highest BCUT2D eigenvalue weighted by molar-refractivity contribution is 14.0. The summed E-state index contributed by atoms with van der Waals surface area (Å²) in [4.78, 5) is 22.7. The van der Waals surface area contributed by atoms with Gasteiger partial charge in [-0.2, -0.15) is 0 Å². The molecule has 0 aliphatic carbocycles. The quantitative estimate of drug-likeness (QED) is 0.337. The lowest BCUT2D eigenvalue weighted by Gasteiger charge is -2.30. The van der Waals surface area contributed by atoms with Gasteiger partial charge in [-0.3, -0.25) is 9.69 Å². The van der Waals surface area contributed by atoms with E-state index in [2.05, 4.69) is 34.1 Å². The fourth-order valence-electron chi connectivity index (χ4n) is 3.53. The van der Waals surface area contributed by atoms with Crippen LogP contribution in [0.1, 0.15) is 32.6 Å². The van der Waals surface area contributed by atoms with Crippen LogP contribution in [0.4, 0.5) is 0 Å². The van der Waals surface area contributed by atoms with Gasteiger partial charge in [-0.05, 0) is 38.8 Å². The summed E-state index contributed by atoms with van der Waals surface area (Å²) in [6.45, 7) is 7.20. The molecule has 2 fully saturated rings. The van der Waals surface area contributed by atoms with E-state index in [1.807, 2.05) is 0 Å². The van der Waals surface area contributed by atoms with Gasteiger partial charge in [0.05, 0.1) is 6.10 Å². The first kappa shape index (κ1) is 23.4. The molecule has 2 aliphatic rings. The van der Waals surface area contributed by atoms with Crippen molar-refractivity contribution in [2.75, 3.05) is 60.5 Å². The fraction of sp³-hybridized carbons (Fsp3) is 0.889. The molecule has 2 heterocycles. The van der Waals surface area contributed by atoms with Gasteiger partial charge < -0.3 is 19.9 Å². The van der Waals surface area contributed by atoms with Gasteiger partial charge in [-0.1, -0.05) is 6.92 Å². The molecular formula is C18H36IN5O2. The average Bonchev–Trinajstić information content (AvgIpc) is 3.25. The van der Waals surface area contributed by atoms with Crippen LogP contribution >= 0.6 is 24.0 Å². The number of nitrogens with zero attached hydrogens (tertiary/aromatic N) is 4. The van der Waals surface area contributed by atoms with Gasteiger partial charge in [0.15, 0.2) is 5.96 Å². The third-order valence-electron chi connectivity index (χ3n) is 5.13. The summed E-state index contributed by atoms with van der Waals surface area (Å²) in [5, 5.41) is 3.42. The van der Waals surface area contributed by atoms with Crippen LogP contribution in [0.25, 0.3) is 0 Å². The number of aliphatic imine (C=N–C) groups is 1. The van der Waals surface area contributed by atoms with Gasteiger partial charge in [-0.15, -0.1) is 24.0 Å². The molecule has 0 aromatic heterocycles. The van der Waals surface area contributed by atoms with Crippen LogP contribution in [0, 0.1) is 0 Å². The van der Waals surface area contributed by atoms with E-state index < -0.39 is 0 Å². The molecule has 0 aromatic carbocycles. The minimum absolute atomic E-state index is 0. The maximum atomic E-state index is 11.9. The molecule has 2 rings (SSSR count). The first-order chi connectivity index (χ1) is 12.0. The van der Waals surface area contributed by atoms with Crippen molar-refractivity contribution in [3.8, 4) is 0 Å². The predicted molar refractivity (Wildman–Crippen MR) is 116 cm³/mol. The lowest BCUT2D eigenvalue weighted by Crippen LogP contribution is -2.47. The molecule has 0 spiro atoms. The van der Waals surface area contributed by atoms with Gasteiger partial charge in [-0.25, -0.2) is 4.99 Å². The van der Waals surface area contributed by atoms with Gasteiger partial charge in [0.25, 0.3) is 0 Å². The summed E-state index contributed by atoms with van der Waals surface area (Å²) in [7, 11) is 5.59. The van der Waals surface area contributed by atoms with Crippen LogP contribution in [-0.4, -0.2) is 99.2 Å². The Hall–Kier alpha value is -0.610. The molecule has 0 saturated carbocycles. The number of hydrogen-bond acceptors (Lipinski definition) is 4. The molecule has 0 radical (unpaired) electrons. The molecule has 0 bridgehead atoms. The lowest BCUT2D eigenvalue weighted by molar-refractivity contribution is -0.127. The third-order valence-corrected chi connectivity index (χ3v) is 5.13. The summed E-state index contributed by atoms with van der Waals surface area (Å²) in [6, 6.07) is 0.564. The normalized spacial score (nSPS) is 23.6. The molecule has 8 heteroatoms. The average molecular weight is 481 g/mol. The molecule has 2 saturated heterocycles. The number of likely N-dealkylation sites (tertiary alicyclic amines) is 1. The molecule has 2 unspecified atom stereocenters. The number of halogens is 1. The Morgan fingerprint density at radius 2 is 2.04 bits per heavy atom. The second-order valence-electron chi connectivity index (χ2n) is 7.25. The summed E-state index contributed by atoms with van der Waals surface area (Å²) in [5.41, 5.74) is 0. The third kappa shape index (κ3) is 7.19. The van der Waals surface area contributed by atoms with E-state index in [-0.39, 0.29) is 42.5 Å². The van der Waals surface area contributed by atoms with Crippen LogP contribution in [-0.2, 0) is 9.53 Å². The molecule has 2 atom stereocenters. The van der Waals surface area contributed by atoms with Crippen molar-refractivity contribution in [2.24, 2.45) is 4.99 Å². The number of ether oxygens (including phenoxy) is 1. The molecule has 1 amide bonds. The number of amides is 1. The Balaban J connectivity index is 0.00000338. The smallest absolute Gasteiger partial charge is 0.243 e. The Kier molecular flexibility index (Phi) is 10.8. The zero-order valence-corrected chi connectivity index (χ0v) is 19.1. The number of carbonyl (C=O) groups is 1. The maximum Gasteiger partial charge on any atom is 0.243 e. The van der Waals surface area contributed by atoms with Gasteiger partial charge >= 0.3 is 0 Å². The van der Waals surface area contributed by atoms with E-state index in [0.29, 0.717) is 6.04 Å². The Morgan fingerprint density at radius 3 is 2.65 bits per heavy atom. The number of likely N-dealkylation sites (N-methyl/N-ethyl adjacent to an activating group) is 3. The SMILES string of the molecule is CCN1CCCC1CN(C)C(=NCC(=O)N(C)C)NCC1CCCO1.I. The molecule has 152 valence electrons. The maximum absolute atomic E-state index is 11.9. The van der Waals surface area contributed by atoms with E-state index >= 15 is 0 Å². The van der Waals surface area contributed by atoms with Crippen LogP contribution in [0.2, 0.25) is 0 Å². The Bertz CT molecular complexity index is 455. The number of rotatable bonds is 7. The van der Waals surface area contributed by atoms with E-state index in [9.17, 15) is 4.79 Å². The van der Waals surface area contributed by atoms with Crippen molar-refractivity contribution < 1.29 is 9.53 Å². The fourth-order valence-corrected chi connectivity index (χ4v) is 3.53. The monoisotopic (exact) mass is 481 g/mol. The summed E-state index contributed by atoms with van der Waals surface area (Å²) < 4.78 is 5.70. The predicted octanol–water partition coefficient (Wildman–Crippen LogP) is 1.23. The van der Waals surface area contributed by atoms with Gasteiger partial charge in [0.2, 0.25) is 5.91 Å². The molecule has 7 nitrogen and oxygen atoms in total. The van der Waals surface area contributed by atoms with Crippen LogP contribution in [0.15, 0.2) is 4.99 Å². The number of hydrogen-bond donors (Lipinski definition) is 1. The zero-order valence-electron chi connectivity index (χ0n) is 16.7. The van der Waals surface area contributed by atoms with Gasteiger partial charge in [0.1, 0.15) is 6.54 Å². The van der Waals surface area contributed by atoms with E-state index in [1.54, 1.807) is 19.0 Å². The van der Waals surface area contributed by atoms with Crippen molar-refractivity contribution in [3.05, 3.63) is 0 Å². The van der Waals surface area contributed by atoms with Crippen molar-refractivity contribution >= 4 is 35.8 Å².